The lowest BCUT2D eigenvalue weighted by Gasteiger charge is -1.98. The molecule has 0 aliphatic heterocycles. The lowest BCUT2D eigenvalue weighted by molar-refractivity contribution is -0.132. The van der Waals surface area contributed by atoms with Gasteiger partial charge < -0.3 is 14.9 Å². The Labute approximate surface area is 71.5 Å². The van der Waals surface area contributed by atoms with Crippen molar-refractivity contribution in [1.29, 1.82) is 0 Å². The van der Waals surface area contributed by atoms with Gasteiger partial charge in [-0.15, -0.1) is 0 Å². The Morgan fingerprint density at radius 1 is 1.50 bits per heavy atom. The van der Waals surface area contributed by atoms with Gasteiger partial charge in [-0.25, -0.2) is 4.79 Å². The molecule has 0 saturated carbocycles. The largest absolute Gasteiger partial charge is 0.478 e. The first-order valence-corrected chi connectivity index (χ1v) is 3.77. The minimum absolute atomic E-state index is 0.00161. The normalized spacial score (nSPS) is 11.7. The number of rotatable bonds is 6. The van der Waals surface area contributed by atoms with Crippen molar-refractivity contribution >= 4 is 5.97 Å². The van der Waals surface area contributed by atoms with Crippen LogP contribution in [-0.2, 0) is 9.53 Å². The summed E-state index contributed by atoms with van der Waals surface area (Å²) in [7, 11) is 0. The summed E-state index contributed by atoms with van der Waals surface area (Å²) in [5.41, 5.74) is 0.322. The van der Waals surface area contributed by atoms with Gasteiger partial charge in [0.15, 0.2) is 0 Å². The fourth-order valence-corrected chi connectivity index (χ4v) is 0.613. The van der Waals surface area contributed by atoms with Crippen LogP contribution in [0.25, 0.3) is 0 Å². The molecule has 0 aromatic rings. The lowest BCUT2D eigenvalue weighted by atomic mass is 10.2. The van der Waals surface area contributed by atoms with Crippen LogP contribution in [0.1, 0.15) is 13.3 Å². The Hall–Kier alpha value is -0.870. The molecule has 0 atom stereocenters. The summed E-state index contributed by atoms with van der Waals surface area (Å²) < 4.78 is 4.93. The molecule has 0 aliphatic carbocycles. The summed E-state index contributed by atoms with van der Waals surface area (Å²) in [6.07, 6.45) is 2.16. The molecule has 0 rings (SSSR count). The van der Waals surface area contributed by atoms with Gasteiger partial charge in [-0.05, 0) is 13.3 Å². The second-order valence-corrected chi connectivity index (χ2v) is 2.32. The molecule has 0 amide bonds. The number of hydrogen-bond acceptors (Lipinski definition) is 3. The zero-order valence-electron chi connectivity index (χ0n) is 7.12. The molecule has 0 spiro atoms. The van der Waals surface area contributed by atoms with Crippen molar-refractivity contribution in [3.05, 3.63) is 11.6 Å². The van der Waals surface area contributed by atoms with Crippen molar-refractivity contribution in [1.82, 2.24) is 0 Å². The Morgan fingerprint density at radius 3 is 2.67 bits per heavy atom. The number of carboxylic acids is 1. The zero-order valence-corrected chi connectivity index (χ0v) is 7.12. The van der Waals surface area contributed by atoms with Crippen molar-refractivity contribution in [3.63, 3.8) is 0 Å². The standard InChI is InChI=1S/C8H14O4/c1-7(8(10)11)3-2-5-12-6-4-9/h3,9H,2,4-6H2,1H3,(H,10,11)/b7-3+. The first-order chi connectivity index (χ1) is 5.68. The van der Waals surface area contributed by atoms with Crippen LogP contribution in [0.2, 0.25) is 0 Å². The number of carboxylic acid groups (broad SMARTS) is 1. The zero-order chi connectivity index (χ0) is 9.40. The van der Waals surface area contributed by atoms with Crippen LogP contribution in [0.4, 0.5) is 0 Å². The monoisotopic (exact) mass is 174 g/mol. The second kappa shape index (κ2) is 6.82. The van der Waals surface area contributed by atoms with Crippen molar-refractivity contribution in [3.8, 4) is 0 Å². The van der Waals surface area contributed by atoms with Crippen LogP contribution in [0.15, 0.2) is 11.6 Å². The third-order valence-electron chi connectivity index (χ3n) is 1.29. The van der Waals surface area contributed by atoms with Crippen LogP contribution >= 0.6 is 0 Å². The van der Waals surface area contributed by atoms with Crippen molar-refractivity contribution in [2.75, 3.05) is 19.8 Å². The minimum atomic E-state index is -0.905. The fourth-order valence-electron chi connectivity index (χ4n) is 0.613. The van der Waals surface area contributed by atoms with Gasteiger partial charge in [0.25, 0.3) is 0 Å². The van der Waals surface area contributed by atoms with E-state index in [1.165, 1.54) is 6.92 Å². The van der Waals surface area contributed by atoms with Crippen molar-refractivity contribution < 1.29 is 19.7 Å². The average molecular weight is 174 g/mol. The summed E-state index contributed by atoms with van der Waals surface area (Å²) >= 11 is 0. The number of carbonyl (C=O) groups is 1. The third-order valence-corrected chi connectivity index (χ3v) is 1.29. The predicted molar refractivity (Wildman–Crippen MR) is 43.9 cm³/mol. The van der Waals surface area contributed by atoms with E-state index >= 15 is 0 Å². The van der Waals surface area contributed by atoms with E-state index in [0.29, 0.717) is 25.2 Å². The van der Waals surface area contributed by atoms with Gasteiger partial charge in [0.2, 0.25) is 0 Å². The van der Waals surface area contributed by atoms with Gasteiger partial charge in [-0.1, -0.05) is 6.08 Å². The van der Waals surface area contributed by atoms with E-state index in [0.717, 1.165) is 0 Å². The van der Waals surface area contributed by atoms with Crippen LogP contribution < -0.4 is 0 Å². The molecular formula is C8H14O4. The molecule has 70 valence electrons. The maximum absolute atomic E-state index is 10.3. The Kier molecular flexibility index (Phi) is 6.32. The molecule has 0 saturated heterocycles. The van der Waals surface area contributed by atoms with Crippen molar-refractivity contribution in [2.24, 2.45) is 0 Å². The highest BCUT2D eigenvalue weighted by Crippen LogP contribution is 1.95. The van der Waals surface area contributed by atoms with Crippen LogP contribution in [0.3, 0.4) is 0 Å². The predicted octanol–water partition coefficient (Wildman–Crippen LogP) is 0.416. The van der Waals surface area contributed by atoms with E-state index < -0.39 is 5.97 Å². The minimum Gasteiger partial charge on any atom is -0.478 e. The van der Waals surface area contributed by atoms with E-state index in [2.05, 4.69) is 0 Å². The molecule has 2 N–H and O–H groups in total. The quantitative estimate of drug-likeness (QED) is 0.452. The molecule has 0 bridgehead atoms. The Morgan fingerprint density at radius 2 is 2.17 bits per heavy atom. The highest BCUT2D eigenvalue weighted by molar-refractivity contribution is 5.85. The van der Waals surface area contributed by atoms with Crippen LogP contribution in [0.5, 0.6) is 0 Å². The van der Waals surface area contributed by atoms with E-state index in [1.54, 1.807) is 6.08 Å². The topological polar surface area (TPSA) is 66.8 Å². The molecule has 0 unspecified atom stereocenters. The smallest absolute Gasteiger partial charge is 0.330 e. The molecule has 4 heteroatoms. The summed E-state index contributed by atoms with van der Waals surface area (Å²) in [4.78, 5) is 10.3. The van der Waals surface area contributed by atoms with Crippen LogP contribution in [0, 0.1) is 0 Å². The average Bonchev–Trinajstić information content (AvgIpc) is 2.03. The van der Waals surface area contributed by atoms with Gasteiger partial charge in [0.05, 0.1) is 19.8 Å². The molecule has 0 aromatic carbocycles. The summed E-state index contributed by atoms with van der Waals surface area (Å²) in [6.45, 7) is 2.29. The van der Waals surface area contributed by atoms with Gasteiger partial charge in [-0.3, -0.25) is 0 Å². The first kappa shape index (κ1) is 11.1. The van der Waals surface area contributed by atoms with E-state index in [4.69, 9.17) is 14.9 Å². The first-order valence-electron chi connectivity index (χ1n) is 3.77. The maximum atomic E-state index is 10.3. The lowest BCUT2D eigenvalue weighted by Crippen LogP contribution is -2.01. The van der Waals surface area contributed by atoms with E-state index in [9.17, 15) is 4.79 Å². The molecule has 4 nitrogen and oxygen atoms in total. The van der Waals surface area contributed by atoms with Gasteiger partial charge in [0, 0.05) is 5.57 Å². The van der Waals surface area contributed by atoms with Gasteiger partial charge >= 0.3 is 5.97 Å². The summed E-state index contributed by atoms with van der Waals surface area (Å²) in [5, 5.41) is 16.8. The number of ether oxygens (including phenoxy) is 1. The third kappa shape index (κ3) is 5.88. The highest BCUT2D eigenvalue weighted by Gasteiger charge is 1.97. The number of hydrogen-bond donors (Lipinski definition) is 2. The van der Waals surface area contributed by atoms with Gasteiger partial charge in [0.1, 0.15) is 0 Å². The molecule has 0 aliphatic rings. The number of aliphatic hydroxyl groups is 1. The molecule has 0 fully saturated rings. The second-order valence-electron chi connectivity index (χ2n) is 2.32. The molecule has 12 heavy (non-hydrogen) atoms. The number of aliphatic hydroxyl groups excluding tert-OH is 1. The summed E-state index contributed by atoms with van der Waals surface area (Å²) in [6, 6.07) is 0. The highest BCUT2D eigenvalue weighted by atomic mass is 16.5. The van der Waals surface area contributed by atoms with Crippen LogP contribution in [-0.4, -0.2) is 36.0 Å². The maximum Gasteiger partial charge on any atom is 0.330 e. The van der Waals surface area contributed by atoms with E-state index in [-0.39, 0.29) is 6.61 Å². The molecule has 0 heterocycles. The van der Waals surface area contributed by atoms with Gasteiger partial charge in [-0.2, -0.15) is 0 Å². The molecule has 0 radical (unpaired) electrons. The SMILES string of the molecule is C/C(=C\CCOCCO)C(=O)O. The van der Waals surface area contributed by atoms with E-state index in [1.807, 2.05) is 0 Å². The molecular weight excluding hydrogens is 160 g/mol. The van der Waals surface area contributed by atoms with Crippen molar-refractivity contribution in [2.45, 2.75) is 13.3 Å². The summed E-state index contributed by atoms with van der Waals surface area (Å²) in [5.74, 6) is -0.905. The Balaban J connectivity index is 3.40. The fraction of sp³-hybridized carbons (Fsp3) is 0.625. The Bertz CT molecular complexity index is 162. The molecule has 0 aromatic heterocycles. The number of aliphatic carboxylic acids is 1.